The Labute approximate surface area is 71.7 Å². The molecule has 0 aliphatic carbocycles. The second-order valence-corrected chi connectivity index (χ2v) is 1.54. The fourth-order valence-corrected chi connectivity index (χ4v) is 0.565. The zero-order chi connectivity index (χ0) is 7.11. The summed E-state index contributed by atoms with van der Waals surface area (Å²) in [5, 5.41) is 9.44. The van der Waals surface area contributed by atoms with Gasteiger partial charge in [0, 0.05) is 32.4 Å². The summed E-state index contributed by atoms with van der Waals surface area (Å²) in [5.41, 5.74) is 0. The molecule has 0 aromatic rings. The van der Waals surface area contributed by atoms with Crippen LogP contribution in [0.5, 0.6) is 0 Å². The van der Waals surface area contributed by atoms with E-state index in [4.69, 9.17) is 9.90 Å². The van der Waals surface area contributed by atoms with E-state index < -0.39 is 0 Å². The van der Waals surface area contributed by atoms with Crippen LogP contribution in [0.25, 0.3) is 0 Å². The summed E-state index contributed by atoms with van der Waals surface area (Å²) in [5.74, 6) is 0.204. The maximum absolute atomic E-state index is 10.1. The molecule has 0 unspecified atom stereocenters. The van der Waals surface area contributed by atoms with Crippen LogP contribution < -0.4 is 5.32 Å². The molecule has 1 aliphatic rings. The number of hydrogen-bond acceptors (Lipinski definition) is 2. The molecule has 0 saturated carbocycles. The first-order valence-corrected chi connectivity index (χ1v) is 2.59. The number of hydrogen-bond donors (Lipinski definition) is 2. The molecule has 1 aliphatic heterocycles. The normalized spacial score (nSPS) is 13.8. The summed E-state index contributed by atoms with van der Waals surface area (Å²) in [6, 6.07) is 0. The molecular formula is C5H8NO3Zn-. The number of aliphatic hydroxyl groups excluding tert-OH is 1. The first-order chi connectivity index (χ1) is 4.31. The van der Waals surface area contributed by atoms with Gasteiger partial charge in [-0.1, -0.05) is 6.47 Å². The van der Waals surface area contributed by atoms with Crippen molar-refractivity contribution in [2.24, 2.45) is 0 Å². The Balaban J connectivity index is 0. The van der Waals surface area contributed by atoms with E-state index in [0.29, 0.717) is 6.47 Å². The number of rotatable bonds is 0. The van der Waals surface area contributed by atoms with Crippen LogP contribution in [0.1, 0.15) is 12.8 Å². The van der Waals surface area contributed by atoms with Crippen molar-refractivity contribution in [3.63, 3.8) is 0 Å². The largest absolute Gasteiger partial charge is 0.665 e. The van der Waals surface area contributed by atoms with Crippen LogP contribution in [-0.2, 0) is 29.1 Å². The molecule has 1 saturated heterocycles. The molecule has 0 radical (unpaired) electrons. The van der Waals surface area contributed by atoms with Crippen molar-refractivity contribution >= 4 is 12.4 Å². The molecule has 5 heteroatoms. The predicted molar refractivity (Wildman–Crippen MR) is 30.6 cm³/mol. The zero-order valence-electron chi connectivity index (χ0n) is 5.59. The fraction of sp³-hybridized carbons (Fsp3) is 0.600. The average molecular weight is 196 g/mol. The van der Waals surface area contributed by atoms with Crippen molar-refractivity contribution < 1.29 is 34.2 Å². The Hall–Kier alpha value is -0.437. The summed E-state index contributed by atoms with van der Waals surface area (Å²) < 4.78 is 0. The summed E-state index contributed by atoms with van der Waals surface area (Å²) >= 11 is 0. The van der Waals surface area contributed by atoms with Gasteiger partial charge in [0.2, 0.25) is 5.91 Å². The van der Waals surface area contributed by atoms with Crippen molar-refractivity contribution in [1.29, 1.82) is 0 Å². The van der Waals surface area contributed by atoms with Gasteiger partial charge < -0.3 is 15.2 Å². The fourth-order valence-electron chi connectivity index (χ4n) is 0.565. The van der Waals surface area contributed by atoms with Gasteiger partial charge in [0.05, 0.1) is 0 Å². The molecule has 1 rings (SSSR count). The first kappa shape index (κ1) is 12.3. The van der Waals surface area contributed by atoms with E-state index in [9.17, 15) is 4.79 Å². The van der Waals surface area contributed by atoms with Crippen LogP contribution in [0.15, 0.2) is 0 Å². The molecule has 54 valence electrons. The molecular weight excluding hydrogens is 187 g/mol. The number of carbonyl (C=O) groups excluding carboxylic acids is 1. The van der Waals surface area contributed by atoms with Gasteiger partial charge in [-0.15, -0.1) is 0 Å². The van der Waals surface area contributed by atoms with E-state index in [-0.39, 0.29) is 25.4 Å². The minimum atomic E-state index is 0. The standard InChI is InChI=1S/C4H7NO.CHO2.Zn/c6-4-2-1-3-5-4;2-1-3;/h1-3H2,(H,5,6);(H,2,3);/q;-1;. The van der Waals surface area contributed by atoms with Gasteiger partial charge in [-0.2, -0.15) is 0 Å². The van der Waals surface area contributed by atoms with Gasteiger partial charge >= 0.3 is 0 Å². The molecule has 0 aromatic carbocycles. The molecule has 0 bridgehead atoms. The predicted octanol–water partition coefficient (Wildman–Crippen LogP) is -0.494. The monoisotopic (exact) mass is 194 g/mol. The van der Waals surface area contributed by atoms with Gasteiger partial charge in [-0.25, -0.2) is 0 Å². The Morgan fingerprint density at radius 1 is 1.60 bits per heavy atom. The van der Waals surface area contributed by atoms with Crippen LogP contribution in [0, 0.1) is 0 Å². The Morgan fingerprint density at radius 3 is 2.20 bits per heavy atom. The zero-order valence-corrected chi connectivity index (χ0v) is 8.56. The molecule has 2 N–H and O–H groups in total. The minimum Gasteiger partial charge on any atom is -0.665 e. The van der Waals surface area contributed by atoms with Gasteiger partial charge in [0.25, 0.3) is 0 Å². The Kier molecular flexibility index (Phi) is 10.5. The average Bonchev–Trinajstić information content (AvgIpc) is 2.20. The third-order valence-electron chi connectivity index (χ3n) is 0.903. The topological polar surface area (TPSA) is 66.4 Å². The molecule has 1 amide bonds. The molecule has 0 spiro atoms. The van der Waals surface area contributed by atoms with Crippen LogP contribution in [0.2, 0.25) is 0 Å². The van der Waals surface area contributed by atoms with Crippen LogP contribution in [0.3, 0.4) is 0 Å². The van der Waals surface area contributed by atoms with Gasteiger partial charge in [0.15, 0.2) is 0 Å². The maximum atomic E-state index is 10.1. The molecule has 4 nitrogen and oxygen atoms in total. The third-order valence-corrected chi connectivity index (χ3v) is 0.903. The quantitative estimate of drug-likeness (QED) is 0.405. The Bertz CT molecular complexity index is 99.1. The third kappa shape index (κ3) is 7.56. The molecule has 1 fully saturated rings. The SMILES string of the molecule is O=C1CCCN1.O=[C-]O.[Zn]. The van der Waals surface area contributed by atoms with Crippen molar-refractivity contribution in [3.05, 3.63) is 0 Å². The van der Waals surface area contributed by atoms with Gasteiger partial charge in [-0.05, 0) is 6.42 Å². The molecule has 10 heavy (non-hydrogen) atoms. The Morgan fingerprint density at radius 2 is 2.10 bits per heavy atom. The minimum absolute atomic E-state index is 0. The van der Waals surface area contributed by atoms with E-state index in [1.165, 1.54) is 0 Å². The van der Waals surface area contributed by atoms with Crippen LogP contribution >= 0.6 is 0 Å². The van der Waals surface area contributed by atoms with Gasteiger partial charge in [-0.3, -0.25) is 4.79 Å². The number of carbonyl (C=O) groups is 1. The van der Waals surface area contributed by atoms with Crippen LogP contribution in [-0.4, -0.2) is 24.0 Å². The van der Waals surface area contributed by atoms with E-state index in [1.807, 2.05) is 0 Å². The number of amides is 1. The summed E-state index contributed by atoms with van der Waals surface area (Å²) in [6.45, 7) is 1.39. The van der Waals surface area contributed by atoms with Crippen molar-refractivity contribution in [2.45, 2.75) is 12.8 Å². The van der Waals surface area contributed by atoms with E-state index in [0.717, 1.165) is 19.4 Å². The van der Waals surface area contributed by atoms with E-state index in [2.05, 4.69) is 5.32 Å². The van der Waals surface area contributed by atoms with Gasteiger partial charge in [0.1, 0.15) is 0 Å². The maximum Gasteiger partial charge on any atom is 0.220 e. The molecule has 1 heterocycles. The van der Waals surface area contributed by atoms with Crippen molar-refractivity contribution in [2.75, 3.05) is 6.54 Å². The smallest absolute Gasteiger partial charge is 0.220 e. The molecule has 0 aromatic heterocycles. The summed E-state index contributed by atoms with van der Waals surface area (Å²) in [6.07, 6.45) is 1.76. The van der Waals surface area contributed by atoms with Crippen LogP contribution in [0.4, 0.5) is 0 Å². The second-order valence-electron chi connectivity index (χ2n) is 1.54. The van der Waals surface area contributed by atoms with E-state index >= 15 is 0 Å². The number of nitrogens with one attached hydrogen (secondary N) is 1. The van der Waals surface area contributed by atoms with E-state index in [1.54, 1.807) is 0 Å². The first-order valence-electron chi connectivity index (χ1n) is 2.59. The summed E-state index contributed by atoms with van der Waals surface area (Å²) in [7, 11) is 0. The van der Waals surface area contributed by atoms with Crippen molar-refractivity contribution in [3.8, 4) is 0 Å². The summed E-state index contributed by atoms with van der Waals surface area (Å²) in [4.78, 5) is 18.4. The van der Waals surface area contributed by atoms with Crippen molar-refractivity contribution in [1.82, 2.24) is 5.32 Å². The molecule has 0 atom stereocenters. The second kappa shape index (κ2) is 8.56.